The van der Waals surface area contributed by atoms with Gasteiger partial charge < -0.3 is 10.8 Å². The van der Waals surface area contributed by atoms with Crippen LogP contribution in [0.2, 0.25) is 0 Å². The molecule has 78 valence electrons. The van der Waals surface area contributed by atoms with Crippen LogP contribution in [-0.4, -0.2) is 17.3 Å². The first-order chi connectivity index (χ1) is 6.15. The second-order valence-electron chi connectivity index (χ2n) is 4.59. The molecule has 0 bridgehead atoms. The van der Waals surface area contributed by atoms with Gasteiger partial charge in [0.25, 0.3) is 0 Å². The van der Waals surface area contributed by atoms with E-state index in [9.17, 15) is 5.11 Å². The maximum atomic E-state index is 9.94. The van der Waals surface area contributed by atoms with Gasteiger partial charge in [-0.25, -0.2) is 0 Å². The normalized spacial score (nSPS) is 34.2. The van der Waals surface area contributed by atoms with E-state index in [1.54, 1.807) is 0 Å². The lowest BCUT2D eigenvalue weighted by atomic mass is 9.77. The first-order valence-electron chi connectivity index (χ1n) is 5.58. The molecule has 1 aliphatic carbocycles. The Labute approximate surface area is 81.5 Å². The maximum Gasteiger partial charge on any atom is 0.0719 e. The summed E-state index contributed by atoms with van der Waals surface area (Å²) in [4.78, 5) is 0. The fourth-order valence-corrected chi connectivity index (χ4v) is 2.38. The average Bonchev–Trinajstić information content (AvgIpc) is 2.15. The summed E-state index contributed by atoms with van der Waals surface area (Å²) in [5, 5.41) is 9.94. The zero-order valence-electron chi connectivity index (χ0n) is 8.87. The largest absolute Gasteiger partial charge is 0.391 e. The van der Waals surface area contributed by atoms with Gasteiger partial charge in [-0.1, -0.05) is 26.7 Å². The molecule has 13 heavy (non-hydrogen) atoms. The molecule has 2 nitrogen and oxygen atoms in total. The summed E-state index contributed by atoms with van der Waals surface area (Å²) < 4.78 is 0. The van der Waals surface area contributed by atoms with E-state index in [2.05, 4.69) is 6.92 Å². The highest BCUT2D eigenvalue weighted by Crippen LogP contribution is 2.31. The van der Waals surface area contributed by atoms with Crippen molar-refractivity contribution in [2.75, 3.05) is 0 Å². The van der Waals surface area contributed by atoms with E-state index >= 15 is 0 Å². The molecule has 0 amide bonds. The molecule has 0 saturated heterocycles. The lowest BCUT2D eigenvalue weighted by Gasteiger charge is -2.32. The van der Waals surface area contributed by atoms with Gasteiger partial charge in [-0.3, -0.25) is 0 Å². The van der Waals surface area contributed by atoms with Crippen molar-refractivity contribution in [3.63, 3.8) is 0 Å². The molecule has 3 N–H and O–H groups in total. The van der Waals surface area contributed by atoms with Gasteiger partial charge in [-0.15, -0.1) is 0 Å². The van der Waals surface area contributed by atoms with Crippen LogP contribution in [0.1, 0.15) is 46.0 Å². The average molecular weight is 185 g/mol. The van der Waals surface area contributed by atoms with Crippen LogP contribution < -0.4 is 5.73 Å². The third-order valence-electron chi connectivity index (χ3n) is 3.37. The van der Waals surface area contributed by atoms with Crippen LogP contribution in [0.25, 0.3) is 0 Å². The predicted molar refractivity (Wildman–Crippen MR) is 55.4 cm³/mol. The van der Waals surface area contributed by atoms with E-state index in [0.29, 0.717) is 5.92 Å². The fraction of sp³-hybridized carbons (Fsp3) is 1.00. The summed E-state index contributed by atoms with van der Waals surface area (Å²) in [7, 11) is 0. The van der Waals surface area contributed by atoms with Gasteiger partial charge in [0, 0.05) is 6.04 Å². The van der Waals surface area contributed by atoms with Crippen molar-refractivity contribution in [1.82, 2.24) is 0 Å². The number of aliphatic hydroxyl groups excluding tert-OH is 1. The lowest BCUT2D eigenvalue weighted by Crippen LogP contribution is -2.41. The Morgan fingerprint density at radius 3 is 2.69 bits per heavy atom. The molecule has 4 atom stereocenters. The van der Waals surface area contributed by atoms with Crippen LogP contribution >= 0.6 is 0 Å². The fourth-order valence-electron chi connectivity index (χ4n) is 2.38. The van der Waals surface area contributed by atoms with E-state index < -0.39 is 0 Å². The zero-order chi connectivity index (χ0) is 9.84. The van der Waals surface area contributed by atoms with Gasteiger partial charge in [0.2, 0.25) is 0 Å². The first kappa shape index (κ1) is 11.0. The molecular weight excluding hydrogens is 162 g/mol. The summed E-state index contributed by atoms with van der Waals surface area (Å²) in [6.07, 6.45) is 5.53. The van der Waals surface area contributed by atoms with Gasteiger partial charge in [0.05, 0.1) is 6.10 Å². The molecule has 0 radical (unpaired) electrons. The summed E-state index contributed by atoms with van der Waals surface area (Å²) >= 11 is 0. The minimum atomic E-state index is -0.271. The SMILES string of the molecule is CCC(N)C(O)C1CCCC(C)C1. The predicted octanol–water partition coefficient (Wildman–Crippen LogP) is 1.91. The molecule has 2 heteroatoms. The molecule has 0 aromatic heterocycles. The second-order valence-corrected chi connectivity index (χ2v) is 4.59. The van der Waals surface area contributed by atoms with Gasteiger partial charge in [-0.2, -0.15) is 0 Å². The first-order valence-corrected chi connectivity index (χ1v) is 5.58. The van der Waals surface area contributed by atoms with Crippen molar-refractivity contribution in [2.45, 2.75) is 58.1 Å². The molecule has 1 fully saturated rings. The standard InChI is InChI=1S/C11H23NO/c1-3-10(12)11(13)9-6-4-5-8(2)7-9/h8-11,13H,3-7,12H2,1-2H3. The number of nitrogens with two attached hydrogens (primary N) is 1. The smallest absolute Gasteiger partial charge is 0.0719 e. The number of hydrogen-bond donors (Lipinski definition) is 2. The molecule has 0 aromatic rings. The minimum absolute atomic E-state index is 0.0182. The van der Waals surface area contributed by atoms with Gasteiger partial charge in [-0.05, 0) is 31.1 Å². The van der Waals surface area contributed by atoms with Crippen LogP contribution in [0.15, 0.2) is 0 Å². The van der Waals surface area contributed by atoms with Crippen LogP contribution in [0, 0.1) is 11.8 Å². The number of aliphatic hydroxyl groups is 1. The Hall–Kier alpha value is -0.0800. The highest BCUT2D eigenvalue weighted by molar-refractivity contribution is 4.82. The van der Waals surface area contributed by atoms with Gasteiger partial charge in [0.15, 0.2) is 0 Å². The molecule has 1 rings (SSSR count). The Kier molecular flexibility index (Phi) is 4.20. The molecule has 0 aromatic carbocycles. The number of rotatable bonds is 3. The summed E-state index contributed by atoms with van der Waals surface area (Å²) in [5.74, 6) is 1.23. The van der Waals surface area contributed by atoms with Crippen molar-refractivity contribution >= 4 is 0 Å². The zero-order valence-corrected chi connectivity index (χ0v) is 8.87. The van der Waals surface area contributed by atoms with Crippen LogP contribution in [0.3, 0.4) is 0 Å². The lowest BCUT2D eigenvalue weighted by molar-refractivity contribution is 0.0499. The molecule has 1 saturated carbocycles. The molecule has 0 heterocycles. The Morgan fingerprint density at radius 1 is 1.46 bits per heavy atom. The third-order valence-corrected chi connectivity index (χ3v) is 3.37. The van der Waals surface area contributed by atoms with E-state index in [4.69, 9.17) is 5.73 Å². The quantitative estimate of drug-likeness (QED) is 0.705. The summed E-state index contributed by atoms with van der Waals surface area (Å²) in [6, 6.07) is -0.0182. The van der Waals surface area contributed by atoms with E-state index in [0.717, 1.165) is 18.8 Å². The third kappa shape index (κ3) is 2.96. The Bertz CT molecular complexity index is 149. The highest BCUT2D eigenvalue weighted by atomic mass is 16.3. The topological polar surface area (TPSA) is 46.2 Å². The van der Waals surface area contributed by atoms with Gasteiger partial charge >= 0.3 is 0 Å². The molecule has 0 aliphatic heterocycles. The Balaban J connectivity index is 2.41. The molecule has 0 spiro atoms. The van der Waals surface area contributed by atoms with Crippen molar-refractivity contribution in [3.05, 3.63) is 0 Å². The summed E-state index contributed by atoms with van der Waals surface area (Å²) in [6.45, 7) is 4.32. The Morgan fingerprint density at radius 2 is 2.15 bits per heavy atom. The van der Waals surface area contributed by atoms with Crippen LogP contribution in [0.5, 0.6) is 0 Å². The van der Waals surface area contributed by atoms with E-state index in [1.165, 1.54) is 19.3 Å². The second kappa shape index (κ2) is 4.97. The maximum absolute atomic E-state index is 9.94. The minimum Gasteiger partial charge on any atom is -0.391 e. The van der Waals surface area contributed by atoms with Gasteiger partial charge in [0.1, 0.15) is 0 Å². The van der Waals surface area contributed by atoms with E-state index in [-0.39, 0.29) is 12.1 Å². The summed E-state index contributed by atoms with van der Waals surface area (Å²) in [5.41, 5.74) is 5.84. The number of hydrogen-bond acceptors (Lipinski definition) is 2. The van der Waals surface area contributed by atoms with Crippen molar-refractivity contribution in [1.29, 1.82) is 0 Å². The molecule has 1 aliphatic rings. The highest BCUT2D eigenvalue weighted by Gasteiger charge is 2.28. The van der Waals surface area contributed by atoms with Crippen LogP contribution in [-0.2, 0) is 0 Å². The van der Waals surface area contributed by atoms with Crippen molar-refractivity contribution in [3.8, 4) is 0 Å². The molecular formula is C11H23NO. The monoisotopic (exact) mass is 185 g/mol. The van der Waals surface area contributed by atoms with E-state index in [1.807, 2.05) is 6.92 Å². The van der Waals surface area contributed by atoms with Crippen molar-refractivity contribution in [2.24, 2.45) is 17.6 Å². The van der Waals surface area contributed by atoms with Crippen molar-refractivity contribution < 1.29 is 5.11 Å². The molecule has 4 unspecified atom stereocenters. The van der Waals surface area contributed by atoms with Crippen LogP contribution in [0.4, 0.5) is 0 Å².